The van der Waals surface area contributed by atoms with E-state index in [1.807, 2.05) is 59.8 Å². The summed E-state index contributed by atoms with van der Waals surface area (Å²) in [6.45, 7) is 0. The van der Waals surface area contributed by atoms with E-state index >= 15 is 0 Å². The Hall–Kier alpha value is -2.96. The number of nitrogens with zero attached hydrogens (tertiary/aromatic N) is 2. The molecule has 5 rings (SSSR count). The van der Waals surface area contributed by atoms with E-state index in [1.54, 1.807) is 35.1 Å². The second kappa shape index (κ2) is 8.52. The van der Waals surface area contributed by atoms with Gasteiger partial charge in [-0.1, -0.05) is 43.2 Å². The lowest BCUT2D eigenvalue weighted by molar-refractivity contribution is 0.00102. The highest BCUT2D eigenvalue weighted by Gasteiger charge is 2.32. The summed E-state index contributed by atoms with van der Waals surface area (Å²) >= 11 is 1.56. The first-order valence-corrected chi connectivity index (χ1v) is 11.9. The zero-order valence-electron chi connectivity index (χ0n) is 18.3. The molecule has 0 N–H and O–H groups in total. The fourth-order valence-corrected chi connectivity index (χ4v) is 5.87. The zero-order chi connectivity index (χ0) is 22.2. The molecule has 1 amide bonds. The van der Waals surface area contributed by atoms with Gasteiger partial charge in [0.2, 0.25) is 0 Å². The predicted octanol–water partition coefficient (Wildman–Crippen LogP) is 5.21. The molecule has 1 fully saturated rings. The quantitative estimate of drug-likeness (QED) is 0.432. The number of hydrogen-bond acceptors (Lipinski definition) is 4. The van der Waals surface area contributed by atoms with Crippen molar-refractivity contribution in [3.05, 3.63) is 76.0 Å². The number of carbonyl (C=O) groups is 1. The molecule has 1 aliphatic rings. The third kappa shape index (κ3) is 3.44. The molecule has 4 aromatic rings. The van der Waals surface area contributed by atoms with Gasteiger partial charge in [-0.05, 0) is 47.4 Å². The molecule has 0 aliphatic heterocycles. The standard InChI is InChI=1S/C26H26N2O3S/c1-27(21-10-6-7-11-22(21)31-2)25(29)20-16-19(17-8-4-3-5-9-17)26(30)28-14-12-18-13-15-32-24(18)23(20)28/h3-5,8-9,12-16,21-22H,6-7,10-11H2,1-2H3/t21-,22-/m1/s1. The first kappa shape index (κ1) is 20.9. The number of rotatable bonds is 4. The Morgan fingerprint density at radius 2 is 1.91 bits per heavy atom. The SMILES string of the molecule is CO[C@@H]1CCCC[C@H]1N(C)C(=O)c1cc(-c2ccccc2)c(=O)n2ccc3ccsc3c12. The average molecular weight is 447 g/mol. The van der Waals surface area contributed by atoms with Crippen molar-refractivity contribution in [2.75, 3.05) is 14.2 Å². The molecule has 3 aromatic heterocycles. The molecule has 3 heterocycles. The lowest BCUT2D eigenvalue weighted by Crippen LogP contribution is -2.47. The van der Waals surface area contributed by atoms with Crippen molar-refractivity contribution in [3.8, 4) is 11.1 Å². The summed E-state index contributed by atoms with van der Waals surface area (Å²) in [5, 5.41) is 3.03. The molecule has 1 aromatic carbocycles. The van der Waals surface area contributed by atoms with Gasteiger partial charge in [0.15, 0.2) is 0 Å². The number of ether oxygens (including phenoxy) is 1. The van der Waals surface area contributed by atoms with Crippen molar-refractivity contribution < 1.29 is 9.53 Å². The Kier molecular flexibility index (Phi) is 5.57. The van der Waals surface area contributed by atoms with Crippen LogP contribution in [0.3, 0.4) is 0 Å². The maximum absolute atomic E-state index is 13.9. The number of amides is 1. The van der Waals surface area contributed by atoms with Crippen LogP contribution in [0, 0.1) is 0 Å². The van der Waals surface area contributed by atoms with Crippen molar-refractivity contribution >= 4 is 32.8 Å². The second-order valence-electron chi connectivity index (χ2n) is 8.42. The molecule has 32 heavy (non-hydrogen) atoms. The summed E-state index contributed by atoms with van der Waals surface area (Å²) in [4.78, 5) is 29.2. The van der Waals surface area contributed by atoms with E-state index < -0.39 is 0 Å². The number of carbonyl (C=O) groups excluding carboxylic acids is 1. The number of benzene rings is 1. The van der Waals surface area contributed by atoms with Crippen molar-refractivity contribution in [1.29, 1.82) is 0 Å². The molecule has 1 saturated carbocycles. The van der Waals surface area contributed by atoms with E-state index in [1.165, 1.54) is 0 Å². The maximum atomic E-state index is 13.9. The van der Waals surface area contributed by atoms with E-state index in [2.05, 4.69) is 0 Å². The van der Waals surface area contributed by atoms with Gasteiger partial charge >= 0.3 is 0 Å². The van der Waals surface area contributed by atoms with Gasteiger partial charge in [0, 0.05) is 25.9 Å². The lowest BCUT2D eigenvalue weighted by atomic mass is 9.91. The molecule has 2 atom stereocenters. The number of thiophene rings is 1. The summed E-state index contributed by atoms with van der Waals surface area (Å²) in [7, 11) is 3.59. The van der Waals surface area contributed by atoms with E-state index in [0.717, 1.165) is 41.3 Å². The number of aromatic nitrogens is 1. The number of hydrogen-bond donors (Lipinski definition) is 0. The molecule has 0 bridgehead atoms. The average Bonchev–Trinajstić information content (AvgIpc) is 3.33. The Bertz CT molecular complexity index is 1340. The molecule has 6 heteroatoms. The minimum Gasteiger partial charge on any atom is -0.379 e. The number of fused-ring (bicyclic) bond motifs is 3. The van der Waals surface area contributed by atoms with E-state index in [0.29, 0.717) is 16.6 Å². The van der Waals surface area contributed by atoms with Crippen molar-refractivity contribution in [2.45, 2.75) is 37.8 Å². The van der Waals surface area contributed by atoms with Crippen molar-refractivity contribution in [1.82, 2.24) is 9.30 Å². The molecular weight excluding hydrogens is 420 g/mol. The summed E-state index contributed by atoms with van der Waals surface area (Å²) in [6.07, 6.45) is 5.90. The third-order valence-corrected chi connectivity index (χ3v) is 7.59. The number of likely N-dealkylation sites (N-methyl/N-ethyl adjacent to an activating group) is 1. The minimum atomic E-state index is -0.117. The molecular formula is C26H26N2O3S. The van der Waals surface area contributed by atoms with Crippen LogP contribution in [0.2, 0.25) is 0 Å². The van der Waals surface area contributed by atoms with E-state index in [-0.39, 0.29) is 23.6 Å². The smallest absolute Gasteiger partial charge is 0.263 e. The molecule has 0 radical (unpaired) electrons. The molecule has 5 nitrogen and oxygen atoms in total. The van der Waals surface area contributed by atoms with Crippen molar-refractivity contribution in [3.63, 3.8) is 0 Å². The van der Waals surface area contributed by atoms with Crippen LogP contribution in [0.25, 0.3) is 26.7 Å². The number of pyridine rings is 2. The van der Waals surface area contributed by atoms with Gasteiger partial charge in [0.1, 0.15) is 0 Å². The van der Waals surface area contributed by atoms with Crippen molar-refractivity contribution in [2.24, 2.45) is 0 Å². The van der Waals surface area contributed by atoms with Crippen LogP contribution in [0.4, 0.5) is 0 Å². The highest BCUT2D eigenvalue weighted by atomic mass is 32.1. The van der Waals surface area contributed by atoms with Gasteiger partial charge < -0.3 is 9.64 Å². The van der Waals surface area contributed by atoms with Gasteiger partial charge in [0.05, 0.1) is 27.9 Å². The fraction of sp³-hybridized carbons (Fsp3) is 0.308. The fourth-order valence-electron chi connectivity index (χ4n) is 4.93. The van der Waals surface area contributed by atoms with Crippen LogP contribution in [-0.4, -0.2) is 41.5 Å². The summed E-state index contributed by atoms with van der Waals surface area (Å²) in [6, 6.07) is 15.3. The Morgan fingerprint density at radius 3 is 2.69 bits per heavy atom. The van der Waals surface area contributed by atoms with Gasteiger partial charge in [-0.3, -0.25) is 14.0 Å². The second-order valence-corrected chi connectivity index (χ2v) is 9.34. The zero-order valence-corrected chi connectivity index (χ0v) is 19.1. The molecule has 0 spiro atoms. The highest BCUT2D eigenvalue weighted by molar-refractivity contribution is 7.18. The van der Waals surface area contributed by atoms with Crippen LogP contribution in [0.15, 0.2) is 64.9 Å². The van der Waals surface area contributed by atoms with Crippen LogP contribution in [-0.2, 0) is 4.74 Å². The molecule has 0 unspecified atom stereocenters. The first-order chi connectivity index (χ1) is 15.6. The summed E-state index contributed by atoms with van der Waals surface area (Å²) in [5.41, 5.74) is 2.46. The van der Waals surface area contributed by atoms with Crippen LogP contribution in [0.5, 0.6) is 0 Å². The normalized spacial score (nSPS) is 18.8. The van der Waals surface area contributed by atoms with Gasteiger partial charge in [0.25, 0.3) is 11.5 Å². The van der Waals surface area contributed by atoms with Gasteiger partial charge in [-0.2, -0.15) is 0 Å². The summed E-state index contributed by atoms with van der Waals surface area (Å²) in [5.74, 6) is -0.0745. The largest absolute Gasteiger partial charge is 0.379 e. The Morgan fingerprint density at radius 1 is 1.12 bits per heavy atom. The van der Waals surface area contributed by atoms with Gasteiger partial charge in [-0.15, -0.1) is 11.3 Å². The summed E-state index contributed by atoms with van der Waals surface area (Å²) < 4.78 is 8.31. The Balaban J connectivity index is 1.73. The van der Waals surface area contributed by atoms with Crippen LogP contribution >= 0.6 is 11.3 Å². The van der Waals surface area contributed by atoms with Crippen LogP contribution in [0.1, 0.15) is 36.0 Å². The van der Waals surface area contributed by atoms with E-state index in [9.17, 15) is 9.59 Å². The maximum Gasteiger partial charge on any atom is 0.263 e. The third-order valence-electron chi connectivity index (χ3n) is 6.65. The molecule has 1 aliphatic carbocycles. The van der Waals surface area contributed by atoms with Gasteiger partial charge in [-0.25, -0.2) is 0 Å². The minimum absolute atomic E-state index is 0.0240. The lowest BCUT2D eigenvalue weighted by Gasteiger charge is -2.37. The van der Waals surface area contributed by atoms with E-state index in [4.69, 9.17) is 4.74 Å². The predicted molar refractivity (Wildman–Crippen MR) is 130 cm³/mol. The molecule has 164 valence electrons. The first-order valence-electron chi connectivity index (χ1n) is 11.0. The highest BCUT2D eigenvalue weighted by Crippen LogP contribution is 2.31. The molecule has 0 saturated heterocycles. The van der Waals surface area contributed by atoms with Crippen LogP contribution < -0.4 is 5.56 Å². The monoisotopic (exact) mass is 446 g/mol. The topological polar surface area (TPSA) is 51.0 Å². The number of methoxy groups -OCH3 is 1. The Labute approximate surface area is 190 Å².